The predicted molar refractivity (Wildman–Crippen MR) is 104 cm³/mol. The normalized spacial score (nSPS) is 11.3. The first-order valence-electron chi connectivity index (χ1n) is 9.12. The molecule has 0 unspecified atom stereocenters. The van der Waals surface area contributed by atoms with Crippen LogP contribution in [-0.4, -0.2) is 34.6 Å². The van der Waals surface area contributed by atoms with E-state index in [2.05, 4.69) is 25.4 Å². The van der Waals surface area contributed by atoms with Crippen LogP contribution in [0.5, 0.6) is 5.88 Å². The Morgan fingerprint density at radius 3 is 2.77 bits per heavy atom. The Morgan fingerprint density at radius 2 is 2.03 bits per heavy atom. The maximum absolute atomic E-state index is 14.5. The third-order valence-corrected chi connectivity index (χ3v) is 4.76. The van der Waals surface area contributed by atoms with Gasteiger partial charge < -0.3 is 9.15 Å². The Bertz CT molecular complexity index is 1340. The van der Waals surface area contributed by atoms with Crippen LogP contribution in [0.1, 0.15) is 11.5 Å². The number of fused-ring (bicyclic) bond motifs is 1. The number of benzene rings is 1. The molecule has 0 fully saturated rings. The topological polar surface area (TPSA) is 96.2 Å². The zero-order valence-corrected chi connectivity index (χ0v) is 16.2. The van der Waals surface area contributed by atoms with Gasteiger partial charge in [-0.3, -0.25) is 4.68 Å². The number of aromatic nitrogens is 7. The van der Waals surface area contributed by atoms with Crippen molar-refractivity contribution >= 4 is 5.52 Å². The zero-order chi connectivity index (χ0) is 20.7. The lowest BCUT2D eigenvalue weighted by atomic mass is 10.1. The van der Waals surface area contributed by atoms with E-state index >= 15 is 0 Å². The highest BCUT2D eigenvalue weighted by Crippen LogP contribution is 2.37. The van der Waals surface area contributed by atoms with E-state index in [0.29, 0.717) is 28.5 Å². The van der Waals surface area contributed by atoms with E-state index in [1.807, 2.05) is 6.92 Å². The summed E-state index contributed by atoms with van der Waals surface area (Å²) in [4.78, 5) is 4.17. The number of rotatable bonds is 5. The van der Waals surface area contributed by atoms with Crippen LogP contribution in [-0.2, 0) is 13.7 Å². The molecule has 5 rings (SSSR count). The van der Waals surface area contributed by atoms with E-state index in [4.69, 9.17) is 9.15 Å². The highest BCUT2D eigenvalue weighted by atomic mass is 19.1. The molecule has 4 heterocycles. The number of aryl methyl sites for hydroxylation is 2. The van der Waals surface area contributed by atoms with Gasteiger partial charge in [-0.2, -0.15) is 10.2 Å². The van der Waals surface area contributed by atoms with Gasteiger partial charge in [0.25, 0.3) is 0 Å². The largest absolute Gasteiger partial charge is 0.472 e. The quantitative estimate of drug-likeness (QED) is 0.443. The molecule has 4 aromatic heterocycles. The van der Waals surface area contributed by atoms with Gasteiger partial charge in [-0.05, 0) is 25.1 Å². The smallest absolute Gasteiger partial charge is 0.242 e. The van der Waals surface area contributed by atoms with Crippen molar-refractivity contribution in [1.29, 1.82) is 0 Å². The number of nitrogens with zero attached hydrogens (tertiary/aromatic N) is 7. The monoisotopic (exact) mass is 405 g/mol. The van der Waals surface area contributed by atoms with Gasteiger partial charge in [-0.1, -0.05) is 12.1 Å². The molecule has 0 radical (unpaired) electrons. The van der Waals surface area contributed by atoms with Crippen molar-refractivity contribution < 1.29 is 13.5 Å². The molecule has 0 N–H and O–H groups in total. The Balaban J connectivity index is 1.72. The molecule has 0 spiro atoms. The molecule has 0 amide bonds. The predicted octanol–water partition coefficient (Wildman–Crippen LogP) is 3.21. The molecule has 30 heavy (non-hydrogen) atoms. The fraction of sp³-hybridized carbons (Fsp3) is 0.150. The molecule has 0 saturated heterocycles. The molecule has 0 atom stereocenters. The van der Waals surface area contributed by atoms with Gasteiger partial charge in [0.2, 0.25) is 5.88 Å². The third kappa shape index (κ3) is 2.89. The molecule has 5 aromatic rings. The standard InChI is InChI=1S/C20H16FN7O2/c1-12-18-17(13-7-8-29-9-13)20(30-10-16-22-11-23-27(16)2)26-28(18)19(25-24-12)14-5-3-4-6-15(14)21/h3-9,11H,10H2,1-2H3. The highest BCUT2D eigenvalue weighted by molar-refractivity contribution is 5.86. The van der Waals surface area contributed by atoms with E-state index in [1.54, 1.807) is 53.0 Å². The number of hydrogen-bond donors (Lipinski definition) is 0. The summed E-state index contributed by atoms with van der Waals surface area (Å²) in [7, 11) is 1.78. The van der Waals surface area contributed by atoms with Crippen molar-refractivity contribution in [2.45, 2.75) is 13.5 Å². The van der Waals surface area contributed by atoms with Crippen LogP contribution >= 0.6 is 0 Å². The summed E-state index contributed by atoms with van der Waals surface area (Å²) in [6, 6.07) is 8.15. The van der Waals surface area contributed by atoms with Crippen LogP contribution in [0.4, 0.5) is 4.39 Å². The van der Waals surface area contributed by atoms with Crippen molar-refractivity contribution in [3.05, 3.63) is 66.5 Å². The van der Waals surface area contributed by atoms with E-state index < -0.39 is 5.82 Å². The van der Waals surface area contributed by atoms with E-state index in [9.17, 15) is 4.39 Å². The zero-order valence-electron chi connectivity index (χ0n) is 16.2. The summed E-state index contributed by atoms with van der Waals surface area (Å²) in [5.41, 5.74) is 2.99. The van der Waals surface area contributed by atoms with Crippen LogP contribution in [0.25, 0.3) is 28.0 Å². The summed E-state index contributed by atoms with van der Waals surface area (Å²) in [5, 5.41) is 17.1. The molecule has 1 aromatic carbocycles. The van der Waals surface area contributed by atoms with Gasteiger partial charge in [0.15, 0.2) is 11.6 Å². The summed E-state index contributed by atoms with van der Waals surface area (Å²) < 4.78 is 28.9. The van der Waals surface area contributed by atoms with Crippen LogP contribution in [0, 0.1) is 12.7 Å². The molecule has 0 saturated carbocycles. The minimum atomic E-state index is -0.418. The Kier molecular flexibility index (Phi) is 4.24. The average molecular weight is 405 g/mol. The van der Waals surface area contributed by atoms with Crippen molar-refractivity contribution in [2.24, 2.45) is 7.05 Å². The van der Waals surface area contributed by atoms with Crippen LogP contribution < -0.4 is 4.74 Å². The molecule has 150 valence electrons. The minimum Gasteiger partial charge on any atom is -0.472 e. The van der Waals surface area contributed by atoms with Gasteiger partial charge in [0, 0.05) is 12.6 Å². The van der Waals surface area contributed by atoms with Crippen molar-refractivity contribution in [3.63, 3.8) is 0 Å². The first kappa shape index (κ1) is 18.0. The fourth-order valence-electron chi connectivity index (χ4n) is 3.26. The lowest BCUT2D eigenvalue weighted by Crippen LogP contribution is -2.05. The maximum Gasteiger partial charge on any atom is 0.242 e. The van der Waals surface area contributed by atoms with Crippen molar-refractivity contribution in [1.82, 2.24) is 34.6 Å². The van der Waals surface area contributed by atoms with E-state index in [1.165, 1.54) is 12.4 Å². The van der Waals surface area contributed by atoms with Gasteiger partial charge >= 0.3 is 0 Å². The van der Waals surface area contributed by atoms with Crippen LogP contribution in [0.3, 0.4) is 0 Å². The number of hydrogen-bond acceptors (Lipinski definition) is 7. The van der Waals surface area contributed by atoms with E-state index in [0.717, 1.165) is 5.56 Å². The summed E-state index contributed by atoms with van der Waals surface area (Å²) in [6.45, 7) is 1.96. The van der Waals surface area contributed by atoms with Gasteiger partial charge in [-0.15, -0.1) is 10.2 Å². The van der Waals surface area contributed by atoms with E-state index in [-0.39, 0.29) is 18.0 Å². The Labute approximate surface area is 169 Å². The molecule has 9 nitrogen and oxygen atoms in total. The second-order valence-electron chi connectivity index (χ2n) is 6.63. The second-order valence-corrected chi connectivity index (χ2v) is 6.63. The maximum atomic E-state index is 14.5. The fourth-order valence-corrected chi connectivity index (χ4v) is 3.26. The van der Waals surface area contributed by atoms with Crippen LogP contribution in [0.15, 0.2) is 53.6 Å². The second kappa shape index (κ2) is 7.07. The summed E-state index contributed by atoms with van der Waals surface area (Å²) in [5.74, 6) is 0.813. The first-order chi connectivity index (χ1) is 14.6. The summed E-state index contributed by atoms with van der Waals surface area (Å²) in [6.07, 6.45) is 4.61. The van der Waals surface area contributed by atoms with Crippen molar-refractivity contribution in [3.8, 4) is 28.4 Å². The molecule has 0 bridgehead atoms. The SMILES string of the molecule is Cc1nnc(-c2ccccc2F)n2nc(OCc3ncnn3C)c(-c3ccoc3)c12. The van der Waals surface area contributed by atoms with Gasteiger partial charge in [0.1, 0.15) is 24.3 Å². The summed E-state index contributed by atoms with van der Waals surface area (Å²) >= 11 is 0. The molecule has 10 heteroatoms. The van der Waals surface area contributed by atoms with Crippen LogP contribution in [0.2, 0.25) is 0 Å². The van der Waals surface area contributed by atoms with Gasteiger partial charge in [0.05, 0.1) is 29.3 Å². The molecule has 0 aliphatic heterocycles. The van der Waals surface area contributed by atoms with Crippen molar-refractivity contribution in [2.75, 3.05) is 0 Å². The lowest BCUT2D eigenvalue weighted by molar-refractivity contribution is 0.278. The molecule has 0 aliphatic rings. The van der Waals surface area contributed by atoms with Gasteiger partial charge in [-0.25, -0.2) is 13.9 Å². The third-order valence-electron chi connectivity index (χ3n) is 4.76. The first-order valence-corrected chi connectivity index (χ1v) is 9.12. The lowest BCUT2D eigenvalue weighted by Gasteiger charge is -2.06. The molecular formula is C20H16FN7O2. The Hall–Kier alpha value is -4.08. The highest BCUT2D eigenvalue weighted by Gasteiger charge is 2.24. The molecular weight excluding hydrogens is 389 g/mol. The number of furan rings is 1. The number of ether oxygens (including phenoxy) is 1. The average Bonchev–Trinajstić information content (AvgIpc) is 3.47. The Morgan fingerprint density at radius 1 is 1.17 bits per heavy atom. The minimum absolute atomic E-state index is 0.153. The molecule has 0 aliphatic carbocycles. The number of halogens is 1.